The molecule has 16 heavy (non-hydrogen) atoms. The van der Waals surface area contributed by atoms with Crippen molar-refractivity contribution in [3.8, 4) is 0 Å². The summed E-state index contributed by atoms with van der Waals surface area (Å²) in [4.78, 5) is 0. The second-order valence-electron chi connectivity index (χ2n) is 3.47. The van der Waals surface area contributed by atoms with Gasteiger partial charge in [-0.05, 0) is 45.8 Å². The fraction of sp³-hybridized carbons (Fsp3) is 0.167. The van der Waals surface area contributed by atoms with Crippen molar-refractivity contribution in [3.63, 3.8) is 0 Å². The maximum absolute atomic E-state index is 13.2. The van der Waals surface area contributed by atoms with E-state index in [1.807, 2.05) is 0 Å². The van der Waals surface area contributed by atoms with Gasteiger partial charge in [-0.15, -0.1) is 0 Å². The molecule has 1 heterocycles. The standard InChI is InChI=1S/C12H10BrFO2/c13-10-4-3-8(6-11(10)14)12(15)7-9-2-1-5-16-9/h1-6,12,15H,7H2. The van der Waals surface area contributed by atoms with Crippen LogP contribution in [0.15, 0.2) is 45.5 Å². The van der Waals surface area contributed by atoms with Gasteiger partial charge in [0, 0.05) is 6.42 Å². The lowest BCUT2D eigenvalue weighted by atomic mass is 10.1. The molecule has 1 atom stereocenters. The first-order valence-corrected chi connectivity index (χ1v) is 5.61. The third-order valence-corrected chi connectivity index (χ3v) is 2.95. The van der Waals surface area contributed by atoms with Crippen molar-refractivity contribution < 1.29 is 13.9 Å². The highest BCUT2D eigenvalue weighted by Gasteiger charge is 2.12. The number of aliphatic hydroxyl groups excluding tert-OH is 1. The monoisotopic (exact) mass is 284 g/mol. The second-order valence-corrected chi connectivity index (χ2v) is 4.33. The number of halogens is 2. The minimum atomic E-state index is -0.756. The summed E-state index contributed by atoms with van der Waals surface area (Å²) in [5.41, 5.74) is 0.539. The van der Waals surface area contributed by atoms with Crippen molar-refractivity contribution >= 4 is 15.9 Å². The van der Waals surface area contributed by atoms with Crippen molar-refractivity contribution in [2.45, 2.75) is 12.5 Å². The number of furan rings is 1. The van der Waals surface area contributed by atoms with Crippen LogP contribution in [0.3, 0.4) is 0 Å². The van der Waals surface area contributed by atoms with Crippen LogP contribution >= 0.6 is 15.9 Å². The molecule has 1 unspecified atom stereocenters. The first kappa shape index (κ1) is 11.4. The van der Waals surface area contributed by atoms with Crippen LogP contribution in [0.2, 0.25) is 0 Å². The van der Waals surface area contributed by atoms with Crippen molar-refractivity contribution in [2.24, 2.45) is 0 Å². The molecule has 0 fully saturated rings. The molecule has 0 bridgehead atoms. The topological polar surface area (TPSA) is 33.4 Å². The van der Waals surface area contributed by atoms with Gasteiger partial charge in [0.15, 0.2) is 0 Å². The Kier molecular flexibility index (Phi) is 3.41. The van der Waals surface area contributed by atoms with Gasteiger partial charge < -0.3 is 9.52 Å². The van der Waals surface area contributed by atoms with E-state index in [2.05, 4.69) is 15.9 Å². The van der Waals surface area contributed by atoms with Crippen LogP contribution in [0.5, 0.6) is 0 Å². The van der Waals surface area contributed by atoms with Gasteiger partial charge in [0.25, 0.3) is 0 Å². The molecule has 0 aliphatic rings. The Labute approximate surface area is 101 Å². The zero-order valence-electron chi connectivity index (χ0n) is 8.36. The van der Waals surface area contributed by atoms with E-state index in [1.165, 1.54) is 6.07 Å². The highest BCUT2D eigenvalue weighted by molar-refractivity contribution is 9.10. The summed E-state index contributed by atoms with van der Waals surface area (Å²) < 4.78 is 18.7. The average molecular weight is 285 g/mol. The zero-order valence-corrected chi connectivity index (χ0v) is 9.95. The van der Waals surface area contributed by atoms with E-state index in [1.54, 1.807) is 30.5 Å². The molecule has 0 radical (unpaired) electrons. The van der Waals surface area contributed by atoms with Gasteiger partial charge in [-0.2, -0.15) is 0 Å². The molecule has 2 nitrogen and oxygen atoms in total. The molecule has 84 valence electrons. The number of rotatable bonds is 3. The molecule has 1 aromatic carbocycles. The predicted octanol–water partition coefficient (Wildman–Crippen LogP) is 3.46. The molecule has 0 saturated carbocycles. The first-order valence-electron chi connectivity index (χ1n) is 4.82. The average Bonchev–Trinajstić information content (AvgIpc) is 2.74. The SMILES string of the molecule is OC(Cc1ccco1)c1ccc(Br)c(F)c1. The smallest absolute Gasteiger partial charge is 0.137 e. The molecule has 0 amide bonds. The fourth-order valence-corrected chi connectivity index (χ4v) is 1.70. The summed E-state index contributed by atoms with van der Waals surface area (Å²) in [6.45, 7) is 0. The Balaban J connectivity index is 2.14. The summed E-state index contributed by atoms with van der Waals surface area (Å²) in [5, 5.41) is 9.87. The van der Waals surface area contributed by atoms with Crippen LogP contribution in [0.1, 0.15) is 17.4 Å². The molecule has 2 aromatic rings. The molecule has 0 aliphatic heterocycles. The third kappa shape index (κ3) is 2.51. The molecule has 4 heteroatoms. The molecule has 0 saturated heterocycles. The summed E-state index contributed by atoms with van der Waals surface area (Å²) in [6, 6.07) is 8.11. The van der Waals surface area contributed by atoms with Gasteiger partial charge in [-0.25, -0.2) is 4.39 Å². The maximum Gasteiger partial charge on any atom is 0.137 e. The van der Waals surface area contributed by atoms with Gasteiger partial charge in [-0.1, -0.05) is 6.07 Å². The molecule has 2 rings (SSSR count). The Morgan fingerprint density at radius 1 is 1.38 bits per heavy atom. The quantitative estimate of drug-likeness (QED) is 0.937. The van der Waals surface area contributed by atoms with E-state index in [0.29, 0.717) is 22.2 Å². The minimum Gasteiger partial charge on any atom is -0.469 e. The maximum atomic E-state index is 13.2. The van der Waals surface area contributed by atoms with Crippen molar-refractivity contribution in [3.05, 3.63) is 58.2 Å². The van der Waals surface area contributed by atoms with E-state index in [0.717, 1.165) is 0 Å². The lowest BCUT2D eigenvalue weighted by molar-refractivity contribution is 0.170. The molecular weight excluding hydrogens is 275 g/mol. The predicted molar refractivity (Wildman–Crippen MR) is 61.5 cm³/mol. The normalized spacial score (nSPS) is 12.7. The summed E-state index contributed by atoms with van der Waals surface area (Å²) in [5.74, 6) is 0.298. The van der Waals surface area contributed by atoms with Gasteiger partial charge in [0.05, 0.1) is 16.8 Å². The Morgan fingerprint density at radius 3 is 2.81 bits per heavy atom. The Hall–Kier alpha value is -1.13. The molecule has 0 spiro atoms. The van der Waals surface area contributed by atoms with E-state index < -0.39 is 6.10 Å². The van der Waals surface area contributed by atoms with Crippen LogP contribution in [0.4, 0.5) is 4.39 Å². The highest BCUT2D eigenvalue weighted by Crippen LogP contribution is 2.23. The van der Waals surface area contributed by atoms with Crippen LogP contribution in [0, 0.1) is 5.82 Å². The third-order valence-electron chi connectivity index (χ3n) is 2.30. The van der Waals surface area contributed by atoms with E-state index in [9.17, 15) is 9.50 Å². The van der Waals surface area contributed by atoms with Crippen LogP contribution in [0.25, 0.3) is 0 Å². The van der Waals surface area contributed by atoms with Gasteiger partial charge in [0.2, 0.25) is 0 Å². The van der Waals surface area contributed by atoms with Crippen molar-refractivity contribution in [1.29, 1.82) is 0 Å². The van der Waals surface area contributed by atoms with Crippen LogP contribution in [-0.2, 0) is 6.42 Å². The van der Waals surface area contributed by atoms with E-state index >= 15 is 0 Å². The molecule has 0 aliphatic carbocycles. The van der Waals surface area contributed by atoms with Gasteiger partial charge in [-0.3, -0.25) is 0 Å². The number of aliphatic hydroxyl groups is 1. The van der Waals surface area contributed by atoms with E-state index in [-0.39, 0.29) is 5.82 Å². The lowest BCUT2D eigenvalue weighted by Gasteiger charge is -2.09. The largest absolute Gasteiger partial charge is 0.469 e. The Bertz CT molecular complexity index is 468. The second kappa shape index (κ2) is 4.80. The van der Waals surface area contributed by atoms with Gasteiger partial charge >= 0.3 is 0 Å². The summed E-state index contributed by atoms with van der Waals surface area (Å²) in [6.07, 6.45) is 1.13. The Morgan fingerprint density at radius 2 is 2.19 bits per heavy atom. The minimum absolute atomic E-state index is 0.341. The molecule has 1 aromatic heterocycles. The molecular formula is C12H10BrFO2. The fourth-order valence-electron chi connectivity index (χ4n) is 1.46. The van der Waals surface area contributed by atoms with Gasteiger partial charge in [0.1, 0.15) is 11.6 Å². The van der Waals surface area contributed by atoms with Crippen molar-refractivity contribution in [2.75, 3.05) is 0 Å². The highest BCUT2D eigenvalue weighted by atomic mass is 79.9. The van der Waals surface area contributed by atoms with E-state index in [4.69, 9.17) is 4.42 Å². The lowest BCUT2D eigenvalue weighted by Crippen LogP contribution is -2.01. The number of hydrogen-bond acceptors (Lipinski definition) is 2. The van der Waals surface area contributed by atoms with Crippen LogP contribution < -0.4 is 0 Å². The number of benzene rings is 1. The summed E-state index contributed by atoms with van der Waals surface area (Å²) in [7, 11) is 0. The first-order chi connectivity index (χ1) is 7.66. The van der Waals surface area contributed by atoms with Crippen LogP contribution in [-0.4, -0.2) is 5.11 Å². The summed E-state index contributed by atoms with van der Waals surface area (Å²) >= 11 is 3.06. The van der Waals surface area contributed by atoms with Crippen molar-refractivity contribution in [1.82, 2.24) is 0 Å². The number of hydrogen-bond donors (Lipinski definition) is 1. The molecule has 1 N–H and O–H groups in total. The zero-order chi connectivity index (χ0) is 11.5.